The van der Waals surface area contributed by atoms with E-state index in [0.29, 0.717) is 12.1 Å². The Morgan fingerprint density at radius 2 is 1.69 bits per heavy atom. The van der Waals surface area contributed by atoms with E-state index in [9.17, 15) is 22.0 Å². The molecule has 0 saturated heterocycles. The van der Waals surface area contributed by atoms with Crippen LogP contribution in [0.3, 0.4) is 0 Å². The number of rotatable bonds is 2. The third-order valence-corrected chi connectivity index (χ3v) is 2.53. The summed E-state index contributed by atoms with van der Waals surface area (Å²) in [6.07, 6.45) is -4.73. The Morgan fingerprint density at radius 1 is 1.12 bits per heavy atom. The van der Waals surface area contributed by atoms with Gasteiger partial charge in [-0.3, -0.25) is 0 Å². The van der Waals surface area contributed by atoms with E-state index in [0.717, 1.165) is 20.0 Å². The molecule has 0 radical (unpaired) electrons. The van der Waals surface area contributed by atoms with Gasteiger partial charge in [0.05, 0.1) is 0 Å². The Balaban J connectivity index is 3.39. The van der Waals surface area contributed by atoms with Crippen LogP contribution in [0.15, 0.2) is 18.2 Å². The van der Waals surface area contributed by atoms with Gasteiger partial charge in [0.1, 0.15) is 17.2 Å². The van der Waals surface area contributed by atoms with Crippen molar-refractivity contribution in [3.05, 3.63) is 35.4 Å². The monoisotopic (exact) mass is 239 g/mol. The lowest BCUT2D eigenvalue weighted by molar-refractivity contribution is -0.194. The van der Waals surface area contributed by atoms with Crippen molar-refractivity contribution in [2.75, 3.05) is 7.05 Å². The third kappa shape index (κ3) is 2.02. The Hall–Kier alpha value is -1.17. The van der Waals surface area contributed by atoms with Crippen LogP contribution < -0.4 is 5.32 Å². The first-order valence-corrected chi connectivity index (χ1v) is 4.43. The van der Waals surface area contributed by atoms with Gasteiger partial charge < -0.3 is 5.32 Å². The summed E-state index contributed by atoms with van der Waals surface area (Å²) in [6.45, 7) is 0.755. The highest BCUT2D eigenvalue weighted by molar-refractivity contribution is 5.28. The molecule has 6 heteroatoms. The number of alkyl halides is 3. The maximum absolute atomic E-state index is 13.3. The Labute approximate surface area is 89.3 Å². The van der Waals surface area contributed by atoms with Gasteiger partial charge in [-0.05, 0) is 32.2 Å². The van der Waals surface area contributed by atoms with Crippen molar-refractivity contribution in [2.45, 2.75) is 18.6 Å². The van der Waals surface area contributed by atoms with Crippen molar-refractivity contribution in [3.63, 3.8) is 0 Å². The van der Waals surface area contributed by atoms with Crippen LogP contribution in [0.25, 0.3) is 0 Å². The summed E-state index contributed by atoms with van der Waals surface area (Å²) in [5.74, 6) is -2.02. The van der Waals surface area contributed by atoms with E-state index in [2.05, 4.69) is 0 Å². The third-order valence-electron chi connectivity index (χ3n) is 2.53. The first kappa shape index (κ1) is 12.9. The van der Waals surface area contributed by atoms with Gasteiger partial charge in [0.15, 0.2) is 0 Å². The highest BCUT2D eigenvalue weighted by Gasteiger charge is 2.52. The van der Waals surface area contributed by atoms with Gasteiger partial charge in [-0.15, -0.1) is 0 Å². The van der Waals surface area contributed by atoms with Crippen LogP contribution in [0.5, 0.6) is 0 Å². The fourth-order valence-corrected chi connectivity index (χ4v) is 1.31. The van der Waals surface area contributed by atoms with Gasteiger partial charge in [0.2, 0.25) is 0 Å². The average molecular weight is 239 g/mol. The molecule has 1 unspecified atom stereocenters. The van der Waals surface area contributed by atoms with Gasteiger partial charge in [0.25, 0.3) is 0 Å². The molecule has 1 aromatic carbocycles. The molecule has 0 heterocycles. The van der Waals surface area contributed by atoms with Crippen LogP contribution in [0, 0.1) is 11.6 Å². The molecule has 0 fully saturated rings. The Kier molecular flexibility index (Phi) is 3.23. The Bertz CT molecular complexity index is 387. The van der Waals surface area contributed by atoms with Crippen molar-refractivity contribution in [1.29, 1.82) is 0 Å². The lowest BCUT2D eigenvalue weighted by Crippen LogP contribution is -2.50. The number of hydrogen-bond acceptors (Lipinski definition) is 1. The molecule has 0 aliphatic heterocycles. The summed E-state index contributed by atoms with van der Waals surface area (Å²) in [7, 11) is 1.04. The summed E-state index contributed by atoms with van der Waals surface area (Å²) in [5, 5.41) is 1.97. The highest BCUT2D eigenvalue weighted by Crippen LogP contribution is 2.39. The largest absolute Gasteiger partial charge is 0.410 e. The standard InChI is InChI=1S/C10H10F5N/c1-9(16-2,10(13,14)15)7-5-6(11)3-4-8(7)12/h3-5,16H,1-2H3. The first-order chi connectivity index (χ1) is 7.22. The van der Waals surface area contributed by atoms with E-state index < -0.39 is 28.9 Å². The number of nitrogens with one attached hydrogen (secondary N) is 1. The van der Waals surface area contributed by atoms with Gasteiger partial charge >= 0.3 is 6.18 Å². The fourth-order valence-electron chi connectivity index (χ4n) is 1.31. The van der Waals surface area contributed by atoms with Crippen LogP contribution in [-0.2, 0) is 5.54 Å². The minimum Gasteiger partial charge on any atom is -0.303 e. The first-order valence-electron chi connectivity index (χ1n) is 4.43. The molecule has 0 aliphatic rings. The molecular formula is C10H10F5N. The summed E-state index contributed by atoms with van der Waals surface area (Å²) in [4.78, 5) is 0. The van der Waals surface area contributed by atoms with E-state index in [-0.39, 0.29) is 0 Å². The molecule has 1 nitrogen and oxygen atoms in total. The van der Waals surface area contributed by atoms with Crippen LogP contribution >= 0.6 is 0 Å². The van der Waals surface area contributed by atoms with Crippen LogP contribution in [0.1, 0.15) is 12.5 Å². The van der Waals surface area contributed by atoms with Gasteiger partial charge in [-0.1, -0.05) is 0 Å². The van der Waals surface area contributed by atoms with Crippen molar-refractivity contribution in [3.8, 4) is 0 Å². The zero-order valence-corrected chi connectivity index (χ0v) is 8.62. The molecule has 0 spiro atoms. The van der Waals surface area contributed by atoms with Crippen LogP contribution in [-0.4, -0.2) is 13.2 Å². The zero-order chi connectivity index (χ0) is 12.6. The second kappa shape index (κ2) is 4.01. The predicted octanol–water partition coefficient (Wildman–Crippen LogP) is 2.96. The van der Waals surface area contributed by atoms with Crippen molar-refractivity contribution < 1.29 is 22.0 Å². The lowest BCUT2D eigenvalue weighted by Gasteiger charge is -2.32. The topological polar surface area (TPSA) is 12.0 Å². The van der Waals surface area contributed by atoms with Crippen molar-refractivity contribution >= 4 is 0 Å². The minimum atomic E-state index is -4.73. The zero-order valence-electron chi connectivity index (χ0n) is 8.62. The number of hydrogen-bond donors (Lipinski definition) is 1. The molecule has 0 saturated carbocycles. The van der Waals surface area contributed by atoms with Crippen molar-refractivity contribution in [2.24, 2.45) is 0 Å². The van der Waals surface area contributed by atoms with Gasteiger partial charge in [0, 0.05) is 5.56 Å². The molecular weight excluding hydrogens is 229 g/mol. The van der Waals surface area contributed by atoms with E-state index in [4.69, 9.17) is 0 Å². The second-order valence-electron chi connectivity index (χ2n) is 3.50. The lowest BCUT2D eigenvalue weighted by atomic mass is 9.91. The summed E-state index contributed by atoms with van der Waals surface area (Å²) < 4.78 is 64.4. The molecule has 0 aliphatic carbocycles. The molecule has 1 rings (SSSR count). The van der Waals surface area contributed by atoms with Crippen LogP contribution in [0.2, 0.25) is 0 Å². The fraction of sp³-hybridized carbons (Fsp3) is 0.400. The van der Waals surface area contributed by atoms with E-state index in [1.807, 2.05) is 5.32 Å². The van der Waals surface area contributed by atoms with E-state index in [1.54, 1.807) is 0 Å². The smallest absolute Gasteiger partial charge is 0.303 e. The maximum atomic E-state index is 13.3. The van der Waals surface area contributed by atoms with Crippen LogP contribution in [0.4, 0.5) is 22.0 Å². The van der Waals surface area contributed by atoms with E-state index >= 15 is 0 Å². The molecule has 0 aromatic heterocycles. The summed E-state index contributed by atoms with van der Waals surface area (Å²) in [5.41, 5.74) is -3.37. The summed E-state index contributed by atoms with van der Waals surface area (Å²) >= 11 is 0. The van der Waals surface area contributed by atoms with Gasteiger partial charge in [-0.2, -0.15) is 13.2 Å². The molecule has 1 aromatic rings. The molecule has 1 N–H and O–H groups in total. The second-order valence-corrected chi connectivity index (χ2v) is 3.50. The molecule has 1 atom stereocenters. The summed E-state index contributed by atoms with van der Waals surface area (Å²) in [6, 6.07) is 1.98. The average Bonchev–Trinajstić information content (AvgIpc) is 2.19. The molecule has 0 amide bonds. The molecule has 16 heavy (non-hydrogen) atoms. The molecule has 90 valence electrons. The van der Waals surface area contributed by atoms with Crippen molar-refractivity contribution in [1.82, 2.24) is 5.32 Å². The highest BCUT2D eigenvalue weighted by atomic mass is 19.4. The minimum absolute atomic E-state index is 0.541. The number of halogens is 5. The number of benzene rings is 1. The normalized spacial score (nSPS) is 15.9. The van der Waals surface area contributed by atoms with Gasteiger partial charge in [-0.25, -0.2) is 8.78 Å². The Morgan fingerprint density at radius 3 is 2.12 bits per heavy atom. The predicted molar refractivity (Wildman–Crippen MR) is 48.8 cm³/mol. The van der Waals surface area contributed by atoms with E-state index in [1.165, 1.54) is 0 Å². The maximum Gasteiger partial charge on any atom is 0.410 e. The quantitative estimate of drug-likeness (QED) is 0.782. The SMILES string of the molecule is CNC(C)(c1cc(F)ccc1F)C(F)(F)F. The molecule has 0 bridgehead atoms.